The summed E-state index contributed by atoms with van der Waals surface area (Å²) in [5.74, 6) is 1.44. The summed E-state index contributed by atoms with van der Waals surface area (Å²) in [5.41, 5.74) is 2.60. The smallest absolute Gasteiger partial charge is 0.234 e. The van der Waals surface area contributed by atoms with Crippen LogP contribution in [0.1, 0.15) is 32.0 Å². The van der Waals surface area contributed by atoms with Crippen LogP contribution in [0, 0.1) is 12.3 Å². The Bertz CT molecular complexity index is 1020. The molecule has 6 nitrogen and oxygen atoms in total. The number of carbonyl (C=O) groups is 2. The fourth-order valence-electron chi connectivity index (χ4n) is 2.50. The van der Waals surface area contributed by atoms with Crippen LogP contribution in [-0.2, 0) is 15.3 Å². The van der Waals surface area contributed by atoms with Gasteiger partial charge in [0.2, 0.25) is 11.8 Å². The Morgan fingerprint density at radius 3 is 2.67 bits per heavy atom. The van der Waals surface area contributed by atoms with E-state index in [9.17, 15) is 9.59 Å². The van der Waals surface area contributed by atoms with Gasteiger partial charge in [-0.15, -0.1) is 23.1 Å². The van der Waals surface area contributed by atoms with E-state index in [-0.39, 0.29) is 11.8 Å². The minimum atomic E-state index is -0.493. The van der Waals surface area contributed by atoms with Crippen LogP contribution in [0.4, 0.5) is 11.4 Å². The van der Waals surface area contributed by atoms with Crippen molar-refractivity contribution in [2.24, 2.45) is 5.41 Å². The van der Waals surface area contributed by atoms with Gasteiger partial charge in [0, 0.05) is 28.6 Å². The van der Waals surface area contributed by atoms with Gasteiger partial charge < -0.3 is 15.2 Å². The Kier molecular flexibility index (Phi) is 6.99. The number of hydrogen-bond donors (Lipinski definition) is 2. The summed E-state index contributed by atoms with van der Waals surface area (Å²) in [6, 6.07) is 11.3. The molecule has 0 fully saturated rings. The van der Waals surface area contributed by atoms with E-state index in [1.807, 2.05) is 63.4 Å². The first-order chi connectivity index (χ1) is 14.2. The summed E-state index contributed by atoms with van der Waals surface area (Å²) < 4.78 is 5.35. The highest BCUT2D eigenvalue weighted by Crippen LogP contribution is 2.27. The first-order valence-corrected chi connectivity index (χ1v) is 11.5. The molecule has 3 aromatic rings. The molecule has 0 saturated heterocycles. The zero-order chi connectivity index (χ0) is 21.7. The van der Waals surface area contributed by atoms with Gasteiger partial charge in [-0.2, -0.15) is 0 Å². The molecule has 8 heteroatoms. The first kappa shape index (κ1) is 22.1. The normalized spacial score (nSPS) is 11.3. The van der Waals surface area contributed by atoms with Crippen molar-refractivity contribution in [3.63, 3.8) is 0 Å². The quantitative estimate of drug-likeness (QED) is 0.499. The van der Waals surface area contributed by atoms with Crippen LogP contribution in [0.2, 0.25) is 0 Å². The van der Waals surface area contributed by atoms with Crippen molar-refractivity contribution in [1.29, 1.82) is 0 Å². The zero-order valence-electron chi connectivity index (χ0n) is 17.4. The third-order valence-corrected chi connectivity index (χ3v) is 6.11. The second kappa shape index (κ2) is 9.49. The molecule has 2 amide bonds. The number of rotatable bonds is 7. The number of anilines is 2. The molecule has 2 heterocycles. The molecule has 1 aromatic carbocycles. The van der Waals surface area contributed by atoms with Crippen LogP contribution < -0.4 is 10.6 Å². The van der Waals surface area contributed by atoms with E-state index in [0.717, 1.165) is 21.9 Å². The minimum Gasteiger partial charge on any atom is -0.355 e. The van der Waals surface area contributed by atoms with Crippen molar-refractivity contribution in [3.8, 4) is 10.6 Å². The summed E-state index contributed by atoms with van der Waals surface area (Å²) in [5, 5.41) is 11.9. The highest BCUT2D eigenvalue weighted by atomic mass is 32.2. The van der Waals surface area contributed by atoms with Gasteiger partial charge >= 0.3 is 0 Å². The van der Waals surface area contributed by atoms with Crippen LogP contribution >= 0.6 is 23.1 Å². The number of benzene rings is 1. The van der Waals surface area contributed by atoms with Crippen LogP contribution in [0.25, 0.3) is 10.6 Å². The summed E-state index contributed by atoms with van der Waals surface area (Å²) in [6.45, 7) is 7.50. The summed E-state index contributed by atoms with van der Waals surface area (Å²) in [4.78, 5) is 25.6. The van der Waals surface area contributed by atoms with Gasteiger partial charge in [-0.3, -0.25) is 9.59 Å². The Morgan fingerprint density at radius 2 is 1.97 bits per heavy atom. The molecule has 0 saturated carbocycles. The number of thioether (sulfide) groups is 1. The highest BCUT2D eigenvalue weighted by Gasteiger charge is 2.21. The van der Waals surface area contributed by atoms with Crippen LogP contribution in [0.3, 0.4) is 0 Å². The van der Waals surface area contributed by atoms with E-state index in [0.29, 0.717) is 22.9 Å². The van der Waals surface area contributed by atoms with Gasteiger partial charge in [0.15, 0.2) is 5.76 Å². The van der Waals surface area contributed by atoms with Gasteiger partial charge in [-0.25, -0.2) is 0 Å². The molecule has 0 atom stereocenters. The molecule has 0 aliphatic heterocycles. The average molecular weight is 444 g/mol. The SMILES string of the molecule is Cc1ccc(NC(=O)CSCc2cc(-c3cccs3)on2)cc1NC(=O)C(C)(C)C. The number of aryl methyl sites for hydroxylation is 1. The average Bonchev–Trinajstić information content (AvgIpc) is 3.35. The number of carbonyl (C=O) groups excluding carboxylic acids is 2. The Hall–Kier alpha value is -2.58. The number of aromatic nitrogens is 1. The second-order valence-electron chi connectivity index (χ2n) is 7.93. The van der Waals surface area contributed by atoms with Crippen molar-refractivity contribution < 1.29 is 14.1 Å². The minimum absolute atomic E-state index is 0.0702. The molecule has 0 spiro atoms. The van der Waals surface area contributed by atoms with Gasteiger partial charge in [0.1, 0.15) is 0 Å². The fourth-order valence-corrected chi connectivity index (χ4v) is 3.88. The van der Waals surface area contributed by atoms with E-state index in [1.165, 1.54) is 11.8 Å². The molecule has 3 rings (SSSR count). The first-order valence-electron chi connectivity index (χ1n) is 9.51. The van der Waals surface area contributed by atoms with E-state index in [1.54, 1.807) is 17.4 Å². The molecule has 0 radical (unpaired) electrons. The maximum Gasteiger partial charge on any atom is 0.234 e. The second-order valence-corrected chi connectivity index (χ2v) is 9.87. The van der Waals surface area contributed by atoms with E-state index in [2.05, 4.69) is 15.8 Å². The third-order valence-electron chi connectivity index (χ3n) is 4.26. The molecule has 0 bridgehead atoms. The van der Waals surface area contributed by atoms with Gasteiger partial charge in [-0.05, 0) is 36.1 Å². The van der Waals surface area contributed by atoms with E-state index in [4.69, 9.17) is 4.52 Å². The van der Waals surface area contributed by atoms with Crippen LogP contribution in [0.5, 0.6) is 0 Å². The monoisotopic (exact) mass is 443 g/mol. The standard InChI is InChI=1S/C22H25N3O3S2/c1-14-7-8-15(10-17(14)24-21(27)22(2,3)4)23-20(26)13-29-12-16-11-18(28-25-16)19-6-5-9-30-19/h5-11H,12-13H2,1-4H3,(H,23,26)(H,24,27). The predicted molar refractivity (Wildman–Crippen MR) is 124 cm³/mol. The topological polar surface area (TPSA) is 84.2 Å². The number of thiophene rings is 1. The lowest BCUT2D eigenvalue weighted by molar-refractivity contribution is -0.123. The van der Waals surface area contributed by atoms with Crippen LogP contribution in [-0.4, -0.2) is 22.7 Å². The van der Waals surface area contributed by atoms with Crippen molar-refractivity contribution in [2.75, 3.05) is 16.4 Å². The van der Waals surface area contributed by atoms with Crippen molar-refractivity contribution >= 4 is 46.3 Å². The predicted octanol–water partition coefficient (Wildman–Crippen LogP) is 5.57. The van der Waals surface area contributed by atoms with E-state index >= 15 is 0 Å². The zero-order valence-corrected chi connectivity index (χ0v) is 19.1. The molecular formula is C22H25N3O3S2. The van der Waals surface area contributed by atoms with Gasteiger partial charge in [0.05, 0.1) is 16.3 Å². The summed E-state index contributed by atoms with van der Waals surface area (Å²) >= 11 is 3.06. The van der Waals surface area contributed by atoms with Crippen LogP contribution in [0.15, 0.2) is 46.3 Å². The summed E-state index contributed by atoms with van der Waals surface area (Å²) in [6.07, 6.45) is 0. The maximum atomic E-state index is 12.3. The third kappa shape index (κ3) is 5.96. The molecule has 30 heavy (non-hydrogen) atoms. The largest absolute Gasteiger partial charge is 0.355 e. The number of nitrogens with one attached hydrogen (secondary N) is 2. The molecule has 2 N–H and O–H groups in total. The molecule has 158 valence electrons. The number of hydrogen-bond acceptors (Lipinski definition) is 6. The number of nitrogens with zero attached hydrogens (tertiary/aromatic N) is 1. The lowest BCUT2D eigenvalue weighted by Crippen LogP contribution is -2.28. The fraction of sp³-hybridized carbons (Fsp3) is 0.318. The molecular weight excluding hydrogens is 418 g/mol. The Morgan fingerprint density at radius 1 is 1.17 bits per heavy atom. The van der Waals surface area contributed by atoms with E-state index < -0.39 is 5.41 Å². The van der Waals surface area contributed by atoms with Crippen molar-refractivity contribution in [3.05, 3.63) is 53.0 Å². The van der Waals surface area contributed by atoms with Crippen molar-refractivity contribution in [1.82, 2.24) is 5.16 Å². The highest BCUT2D eigenvalue weighted by molar-refractivity contribution is 7.99. The molecule has 0 unspecified atom stereocenters. The van der Waals surface area contributed by atoms with Gasteiger partial charge in [0.25, 0.3) is 0 Å². The molecule has 0 aliphatic rings. The lowest BCUT2D eigenvalue weighted by atomic mass is 9.95. The maximum absolute atomic E-state index is 12.3. The Labute approximate surface area is 184 Å². The molecule has 0 aliphatic carbocycles. The lowest BCUT2D eigenvalue weighted by Gasteiger charge is -2.19. The summed E-state index contributed by atoms with van der Waals surface area (Å²) in [7, 11) is 0. The number of amides is 2. The van der Waals surface area contributed by atoms with Crippen molar-refractivity contribution in [2.45, 2.75) is 33.4 Å². The Balaban J connectivity index is 1.51. The van der Waals surface area contributed by atoms with Gasteiger partial charge in [-0.1, -0.05) is 38.1 Å². The molecule has 2 aromatic heterocycles.